The van der Waals surface area contributed by atoms with E-state index >= 15 is 0 Å². The van der Waals surface area contributed by atoms with Crippen molar-refractivity contribution in [1.29, 1.82) is 0 Å². The maximum absolute atomic E-state index is 11.3. The first-order chi connectivity index (χ1) is 12.7. The third-order valence-electron chi connectivity index (χ3n) is 4.42. The van der Waals surface area contributed by atoms with Crippen molar-refractivity contribution in [3.8, 4) is 0 Å². The molecule has 0 aromatic heterocycles. The number of primary sulfonamides is 1. The zero-order chi connectivity index (χ0) is 20.3. The van der Waals surface area contributed by atoms with Crippen LogP contribution in [-0.4, -0.2) is 34.0 Å². The van der Waals surface area contributed by atoms with Gasteiger partial charge in [0.2, 0.25) is 10.0 Å². The van der Waals surface area contributed by atoms with E-state index in [9.17, 15) is 8.42 Å². The first-order valence-corrected chi connectivity index (χ1v) is 11.4. The molecule has 1 aromatic carbocycles. The molecule has 0 atom stereocenters. The molecule has 0 unspecified atom stereocenters. The van der Waals surface area contributed by atoms with E-state index in [0.29, 0.717) is 0 Å². The van der Waals surface area contributed by atoms with Crippen molar-refractivity contribution in [1.82, 2.24) is 10.6 Å². The van der Waals surface area contributed by atoms with Gasteiger partial charge in [-0.2, -0.15) is 0 Å². The van der Waals surface area contributed by atoms with Gasteiger partial charge in [-0.1, -0.05) is 52.2 Å². The minimum absolute atomic E-state index is 0.138. The number of nitrogens with zero attached hydrogens (tertiary/aromatic N) is 1. The number of nitrogens with one attached hydrogen (secondary N) is 2. The number of unbranched alkanes of at least 4 members (excludes halogenated alkanes) is 2. The summed E-state index contributed by atoms with van der Waals surface area (Å²) < 4.78 is 22.6. The summed E-state index contributed by atoms with van der Waals surface area (Å²) in [5, 5.41) is 11.8. The SMILES string of the molecule is CCCCCC(C)(C)CN=C(NCC)NCCc1ccc(S(N)(=O)=O)cc1. The van der Waals surface area contributed by atoms with Gasteiger partial charge in [-0.05, 0) is 42.9 Å². The zero-order valence-electron chi connectivity index (χ0n) is 17.2. The number of hydrogen-bond donors (Lipinski definition) is 3. The molecule has 0 heterocycles. The third kappa shape index (κ3) is 9.77. The van der Waals surface area contributed by atoms with Crippen molar-refractivity contribution < 1.29 is 8.42 Å². The molecule has 0 saturated heterocycles. The Morgan fingerprint density at radius 2 is 1.78 bits per heavy atom. The fourth-order valence-corrected chi connectivity index (χ4v) is 3.25. The van der Waals surface area contributed by atoms with Crippen LogP contribution in [0.1, 0.15) is 58.9 Å². The number of guanidine groups is 1. The molecule has 7 heteroatoms. The smallest absolute Gasteiger partial charge is 0.238 e. The zero-order valence-corrected chi connectivity index (χ0v) is 18.0. The second-order valence-electron chi connectivity index (χ2n) is 7.68. The average Bonchev–Trinajstić information content (AvgIpc) is 2.59. The van der Waals surface area contributed by atoms with Crippen LogP contribution in [0.15, 0.2) is 34.2 Å². The van der Waals surface area contributed by atoms with Gasteiger partial charge in [0.15, 0.2) is 5.96 Å². The van der Waals surface area contributed by atoms with Crippen LogP contribution in [0.3, 0.4) is 0 Å². The van der Waals surface area contributed by atoms with E-state index in [-0.39, 0.29) is 10.3 Å². The summed E-state index contributed by atoms with van der Waals surface area (Å²) in [6.45, 7) is 11.1. The summed E-state index contributed by atoms with van der Waals surface area (Å²) in [5.74, 6) is 0.822. The van der Waals surface area contributed by atoms with Crippen LogP contribution in [0.25, 0.3) is 0 Å². The first-order valence-electron chi connectivity index (χ1n) is 9.82. The number of sulfonamides is 1. The highest BCUT2D eigenvalue weighted by Crippen LogP contribution is 2.23. The lowest BCUT2D eigenvalue weighted by atomic mass is 9.87. The van der Waals surface area contributed by atoms with Gasteiger partial charge in [0.25, 0.3) is 0 Å². The Kier molecular flexibility index (Phi) is 9.80. The predicted octanol–water partition coefficient (Wildman–Crippen LogP) is 3.04. The van der Waals surface area contributed by atoms with Gasteiger partial charge in [-0.15, -0.1) is 0 Å². The summed E-state index contributed by atoms with van der Waals surface area (Å²) in [7, 11) is -3.64. The maximum atomic E-state index is 11.3. The van der Waals surface area contributed by atoms with E-state index in [1.165, 1.54) is 25.7 Å². The second kappa shape index (κ2) is 11.3. The van der Waals surface area contributed by atoms with Crippen LogP contribution in [0.2, 0.25) is 0 Å². The van der Waals surface area contributed by atoms with Gasteiger partial charge in [0.1, 0.15) is 0 Å². The van der Waals surface area contributed by atoms with Crippen molar-refractivity contribution in [2.75, 3.05) is 19.6 Å². The highest BCUT2D eigenvalue weighted by molar-refractivity contribution is 7.89. The van der Waals surface area contributed by atoms with Gasteiger partial charge in [-0.3, -0.25) is 4.99 Å². The van der Waals surface area contributed by atoms with Gasteiger partial charge in [0, 0.05) is 19.6 Å². The van der Waals surface area contributed by atoms with Gasteiger partial charge >= 0.3 is 0 Å². The van der Waals surface area contributed by atoms with Crippen molar-refractivity contribution in [2.45, 2.75) is 64.7 Å². The van der Waals surface area contributed by atoms with Crippen LogP contribution in [0.5, 0.6) is 0 Å². The molecule has 0 spiro atoms. The van der Waals surface area contributed by atoms with Crippen LogP contribution in [0, 0.1) is 5.41 Å². The molecule has 0 aliphatic rings. The highest BCUT2D eigenvalue weighted by Gasteiger charge is 2.17. The van der Waals surface area contributed by atoms with Crippen LogP contribution >= 0.6 is 0 Å². The van der Waals surface area contributed by atoms with Gasteiger partial charge in [0.05, 0.1) is 4.90 Å². The Bertz CT molecular complexity index is 682. The highest BCUT2D eigenvalue weighted by atomic mass is 32.2. The number of aliphatic imine (C=N–C) groups is 1. The summed E-state index contributed by atoms with van der Waals surface area (Å²) in [6, 6.07) is 6.68. The normalized spacial score (nSPS) is 12.9. The molecule has 6 nitrogen and oxygen atoms in total. The Hall–Kier alpha value is -1.60. The van der Waals surface area contributed by atoms with Crippen molar-refractivity contribution in [3.05, 3.63) is 29.8 Å². The lowest BCUT2D eigenvalue weighted by molar-refractivity contribution is 0.332. The molecular formula is C20H36N4O2S. The summed E-state index contributed by atoms with van der Waals surface area (Å²) in [4.78, 5) is 4.88. The molecule has 27 heavy (non-hydrogen) atoms. The molecule has 0 aliphatic carbocycles. The van der Waals surface area contributed by atoms with Crippen LogP contribution in [-0.2, 0) is 16.4 Å². The van der Waals surface area contributed by atoms with E-state index in [4.69, 9.17) is 10.1 Å². The summed E-state index contributed by atoms with van der Waals surface area (Å²) in [6.07, 6.45) is 5.71. The molecule has 1 aromatic rings. The fraction of sp³-hybridized carbons (Fsp3) is 0.650. The predicted molar refractivity (Wildman–Crippen MR) is 113 cm³/mol. The van der Waals surface area contributed by atoms with Crippen molar-refractivity contribution in [3.63, 3.8) is 0 Å². The Balaban J connectivity index is 2.54. The molecule has 0 radical (unpaired) electrons. The van der Waals surface area contributed by atoms with Crippen LogP contribution < -0.4 is 15.8 Å². The summed E-state index contributed by atoms with van der Waals surface area (Å²) in [5.41, 5.74) is 1.24. The van der Waals surface area contributed by atoms with E-state index in [2.05, 4.69) is 38.3 Å². The Morgan fingerprint density at radius 1 is 1.11 bits per heavy atom. The maximum Gasteiger partial charge on any atom is 0.238 e. The second-order valence-corrected chi connectivity index (χ2v) is 9.24. The molecule has 0 aliphatic heterocycles. The van der Waals surface area contributed by atoms with E-state index in [1.54, 1.807) is 24.3 Å². The van der Waals surface area contributed by atoms with Gasteiger partial charge in [-0.25, -0.2) is 13.6 Å². The number of benzene rings is 1. The molecular weight excluding hydrogens is 360 g/mol. The lowest BCUT2D eigenvalue weighted by Crippen LogP contribution is -2.39. The lowest BCUT2D eigenvalue weighted by Gasteiger charge is -2.23. The van der Waals surface area contributed by atoms with E-state index in [1.807, 2.05) is 0 Å². The molecule has 0 bridgehead atoms. The summed E-state index contributed by atoms with van der Waals surface area (Å²) >= 11 is 0. The topological polar surface area (TPSA) is 96.6 Å². The Labute approximate surface area is 165 Å². The molecule has 0 amide bonds. The largest absolute Gasteiger partial charge is 0.357 e. The standard InChI is InChI=1S/C20H36N4O2S/c1-5-7-8-14-20(3,4)16-24-19(22-6-2)23-15-13-17-9-11-18(12-10-17)27(21,25)26/h9-12H,5-8,13-16H2,1-4H3,(H2,21,25,26)(H2,22,23,24). The molecule has 154 valence electrons. The Morgan fingerprint density at radius 3 is 2.33 bits per heavy atom. The fourth-order valence-electron chi connectivity index (χ4n) is 2.74. The minimum Gasteiger partial charge on any atom is -0.357 e. The number of hydrogen-bond acceptors (Lipinski definition) is 3. The third-order valence-corrected chi connectivity index (χ3v) is 5.35. The van der Waals surface area contributed by atoms with Gasteiger partial charge < -0.3 is 10.6 Å². The average molecular weight is 397 g/mol. The minimum atomic E-state index is -3.64. The van der Waals surface area contributed by atoms with Crippen molar-refractivity contribution in [2.24, 2.45) is 15.5 Å². The van der Waals surface area contributed by atoms with E-state index < -0.39 is 10.0 Å². The molecule has 4 N–H and O–H groups in total. The van der Waals surface area contributed by atoms with Crippen LogP contribution in [0.4, 0.5) is 0 Å². The number of rotatable bonds is 11. The first kappa shape index (κ1) is 23.4. The molecule has 0 saturated carbocycles. The quantitative estimate of drug-likeness (QED) is 0.304. The monoisotopic (exact) mass is 396 g/mol. The van der Waals surface area contributed by atoms with Crippen molar-refractivity contribution >= 4 is 16.0 Å². The molecule has 1 rings (SSSR count). The molecule has 0 fully saturated rings. The number of nitrogens with two attached hydrogens (primary N) is 1. The van der Waals surface area contributed by atoms with E-state index in [0.717, 1.165) is 37.6 Å².